The molecule has 1 unspecified atom stereocenters. The lowest BCUT2D eigenvalue weighted by molar-refractivity contribution is 0.335. The second-order valence-corrected chi connectivity index (χ2v) is 4.76. The van der Waals surface area contributed by atoms with Gasteiger partial charge in [0.2, 0.25) is 0 Å². The summed E-state index contributed by atoms with van der Waals surface area (Å²) >= 11 is 0. The van der Waals surface area contributed by atoms with Gasteiger partial charge in [0, 0.05) is 28.5 Å². The maximum absolute atomic E-state index is 11.4. The number of aryl methyl sites for hydroxylation is 2. The Hall–Kier alpha value is -1.77. The summed E-state index contributed by atoms with van der Waals surface area (Å²) in [4.78, 5) is 11.4. The highest BCUT2D eigenvalue weighted by Gasteiger charge is 2.24. The summed E-state index contributed by atoms with van der Waals surface area (Å²) in [6.45, 7) is 6.73. The van der Waals surface area contributed by atoms with E-state index in [1.165, 1.54) is 11.6 Å². The molecule has 1 aliphatic heterocycles. The second kappa shape index (κ2) is 3.36. The zero-order valence-corrected chi connectivity index (χ0v) is 10.2. The molecule has 2 aromatic rings. The summed E-state index contributed by atoms with van der Waals surface area (Å²) in [6.07, 6.45) is 0. The van der Waals surface area contributed by atoms with E-state index >= 15 is 0 Å². The highest BCUT2D eigenvalue weighted by Crippen LogP contribution is 2.40. The van der Waals surface area contributed by atoms with Gasteiger partial charge in [-0.05, 0) is 25.5 Å². The first-order valence-electron chi connectivity index (χ1n) is 5.78. The molecule has 1 aromatic carbocycles. The zero-order chi connectivity index (χ0) is 12.2. The van der Waals surface area contributed by atoms with Crippen molar-refractivity contribution in [3.8, 4) is 5.75 Å². The minimum atomic E-state index is -0.302. The van der Waals surface area contributed by atoms with E-state index in [9.17, 15) is 4.79 Å². The first-order valence-corrected chi connectivity index (χ1v) is 5.78. The van der Waals surface area contributed by atoms with Gasteiger partial charge in [0.05, 0.1) is 6.61 Å². The van der Waals surface area contributed by atoms with Gasteiger partial charge >= 0.3 is 5.63 Å². The quantitative estimate of drug-likeness (QED) is 0.653. The number of hydrogen-bond acceptors (Lipinski definition) is 3. The third-order valence-corrected chi connectivity index (χ3v) is 3.46. The van der Waals surface area contributed by atoms with E-state index < -0.39 is 0 Å². The van der Waals surface area contributed by atoms with E-state index in [-0.39, 0.29) is 5.63 Å². The van der Waals surface area contributed by atoms with Gasteiger partial charge in [-0.3, -0.25) is 0 Å². The first kappa shape index (κ1) is 10.4. The van der Waals surface area contributed by atoms with Gasteiger partial charge in [-0.25, -0.2) is 4.79 Å². The van der Waals surface area contributed by atoms with E-state index in [2.05, 4.69) is 13.0 Å². The highest BCUT2D eigenvalue weighted by atomic mass is 16.5. The van der Waals surface area contributed by atoms with Crippen molar-refractivity contribution >= 4 is 11.0 Å². The zero-order valence-electron chi connectivity index (χ0n) is 10.2. The fourth-order valence-corrected chi connectivity index (χ4v) is 2.47. The van der Waals surface area contributed by atoms with Crippen molar-refractivity contribution in [3.05, 3.63) is 39.2 Å². The summed E-state index contributed by atoms with van der Waals surface area (Å²) < 4.78 is 11.0. The van der Waals surface area contributed by atoms with E-state index in [4.69, 9.17) is 9.15 Å². The minimum Gasteiger partial charge on any atom is -0.492 e. The third-order valence-electron chi connectivity index (χ3n) is 3.46. The number of fused-ring (bicyclic) bond motifs is 2. The maximum Gasteiger partial charge on any atom is 0.336 e. The van der Waals surface area contributed by atoms with Gasteiger partial charge in [-0.15, -0.1) is 0 Å². The predicted octanol–water partition coefficient (Wildman–Crippen LogP) is 2.91. The molecule has 88 valence electrons. The summed E-state index contributed by atoms with van der Waals surface area (Å²) in [7, 11) is 0. The molecular weight excluding hydrogens is 216 g/mol. The average molecular weight is 230 g/mol. The van der Waals surface area contributed by atoms with Crippen LogP contribution in [0.4, 0.5) is 0 Å². The Bertz CT molecular complexity index is 667. The lowest BCUT2D eigenvalue weighted by Gasteiger charge is -2.09. The van der Waals surface area contributed by atoms with Crippen LogP contribution in [0.2, 0.25) is 0 Å². The van der Waals surface area contributed by atoms with E-state index in [1.54, 1.807) is 0 Å². The Morgan fingerprint density at radius 3 is 2.82 bits per heavy atom. The molecule has 2 heterocycles. The Morgan fingerprint density at radius 1 is 1.29 bits per heavy atom. The number of ether oxygens (including phenoxy) is 1. The van der Waals surface area contributed by atoms with Crippen LogP contribution in [0.5, 0.6) is 5.75 Å². The molecule has 0 saturated heterocycles. The summed E-state index contributed by atoms with van der Waals surface area (Å²) in [6, 6.07) is 3.63. The van der Waals surface area contributed by atoms with Crippen molar-refractivity contribution in [2.24, 2.45) is 0 Å². The Morgan fingerprint density at radius 2 is 2.06 bits per heavy atom. The minimum absolute atomic E-state index is 0.302. The fourth-order valence-electron chi connectivity index (χ4n) is 2.47. The van der Waals surface area contributed by atoms with E-state index in [0.29, 0.717) is 18.1 Å². The fraction of sp³-hybridized carbons (Fsp3) is 0.357. The molecule has 0 fully saturated rings. The van der Waals surface area contributed by atoms with Crippen molar-refractivity contribution in [1.29, 1.82) is 0 Å². The molecule has 0 saturated carbocycles. The van der Waals surface area contributed by atoms with Gasteiger partial charge in [-0.2, -0.15) is 0 Å². The van der Waals surface area contributed by atoms with Crippen molar-refractivity contribution in [3.63, 3.8) is 0 Å². The topological polar surface area (TPSA) is 39.4 Å². The lowest BCUT2D eigenvalue weighted by atomic mass is 9.97. The molecule has 1 aliphatic rings. The van der Waals surface area contributed by atoms with E-state index in [1.807, 2.05) is 13.8 Å². The van der Waals surface area contributed by atoms with Crippen LogP contribution >= 0.6 is 0 Å². The monoisotopic (exact) mass is 230 g/mol. The van der Waals surface area contributed by atoms with Crippen LogP contribution in [0.3, 0.4) is 0 Å². The Kier molecular flexibility index (Phi) is 2.05. The SMILES string of the molecule is Cc1cc(=O)oc2c(C)c3c(cc12)C(C)CO3. The smallest absolute Gasteiger partial charge is 0.336 e. The molecule has 3 heteroatoms. The van der Waals surface area contributed by atoms with Gasteiger partial charge in [0.15, 0.2) is 0 Å². The second-order valence-electron chi connectivity index (χ2n) is 4.76. The number of rotatable bonds is 0. The van der Waals surface area contributed by atoms with Gasteiger partial charge in [0.25, 0.3) is 0 Å². The van der Waals surface area contributed by atoms with Crippen molar-refractivity contribution in [1.82, 2.24) is 0 Å². The average Bonchev–Trinajstić information content (AvgIpc) is 2.63. The summed E-state index contributed by atoms with van der Waals surface area (Å²) in [5, 5.41) is 1.01. The summed E-state index contributed by atoms with van der Waals surface area (Å²) in [5.74, 6) is 1.29. The molecular formula is C14H14O3. The van der Waals surface area contributed by atoms with Crippen LogP contribution in [0.25, 0.3) is 11.0 Å². The lowest BCUT2D eigenvalue weighted by Crippen LogP contribution is -2.00. The van der Waals surface area contributed by atoms with Gasteiger partial charge in [-0.1, -0.05) is 6.92 Å². The van der Waals surface area contributed by atoms with Crippen LogP contribution in [0, 0.1) is 13.8 Å². The van der Waals surface area contributed by atoms with Gasteiger partial charge in [0.1, 0.15) is 11.3 Å². The molecule has 0 bridgehead atoms. The predicted molar refractivity (Wildman–Crippen MR) is 65.9 cm³/mol. The molecule has 0 amide bonds. The van der Waals surface area contributed by atoms with E-state index in [0.717, 1.165) is 22.3 Å². The molecule has 0 aliphatic carbocycles. The third kappa shape index (κ3) is 1.38. The molecule has 17 heavy (non-hydrogen) atoms. The Labute approximate surface area is 99.0 Å². The largest absolute Gasteiger partial charge is 0.492 e. The van der Waals surface area contributed by atoms with Crippen molar-refractivity contribution in [2.75, 3.05) is 6.61 Å². The van der Waals surface area contributed by atoms with Crippen LogP contribution in [0.15, 0.2) is 21.3 Å². The maximum atomic E-state index is 11.4. The van der Waals surface area contributed by atoms with Crippen LogP contribution in [-0.2, 0) is 0 Å². The van der Waals surface area contributed by atoms with Crippen molar-refractivity contribution in [2.45, 2.75) is 26.7 Å². The molecule has 1 aromatic heterocycles. The molecule has 1 atom stereocenters. The van der Waals surface area contributed by atoms with Crippen molar-refractivity contribution < 1.29 is 9.15 Å². The molecule has 0 radical (unpaired) electrons. The highest BCUT2D eigenvalue weighted by molar-refractivity contribution is 5.86. The Balaban J connectivity index is 2.48. The van der Waals surface area contributed by atoms with Gasteiger partial charge < -0.3 is 9.15 Å². The standard InChI is InChI=1S/C14H14O3/c1-7-4-12(15)17-14-9(3)13-11(5-10(7)14)8(2)6-16-13/h4-5,8H,6H2,1-3H3. The van der Waals surface area contributed by atoms with Crippen LogP contribution < -0.4 is 10.4 Å². The first-order chi connectivity index (χ1) is 8.08. The number of benzene rings is 1. The number of hydrogen-bond donors (Lipinski definition) is 0. The molecule has 3 nitrogen and oxygen atoms in total. The van der Waals surface area contributed by atoms with Crippen LogP contribution in [0.1, 0.15) is 29.5 Å². The molecule has 0 N–H and O–H groups in total. The summed E-state index contributed by atoms with van der Waals surface area (Å²) in [5.41, 5.74) is 3.46. The molecule has 0 spiro atoms. The normalized spacial score (nSPS) is 18.2. The van der Waals surface area contributed by atoms with Crippen LogP contribution in [-0.4, -0.2) is 6.61 Å². The molecule has 3 rings (SSSR count).